The van der Waals surface area contributed by atoms with Gasteiger partial charge in [-0.2, -0.15) is 0 Å². The fourth-order valence-electron chi connectivity index (χ4n) is 3.69. The molecule has 1 amide bonds. The molecule has 3 nitrogen and oxygen atoms in total. The van der Waals surface area contributed by atoms with E-state index >= 15 is 0 Å². The zero-order valence-corrected chi connectivity index (χ0v) is 13.7. The summed E-state index contributed by atoms with van der Waals surface area (Å²) in [5.41, 5.74) is 2.07. The Kier molecular flexibility index (Phi) is 3.81. The average Bonchev–Trinajstić information content (AvgIpc) is 3.08. The first kappa shape index (κ1) is 15.3. The number of rotatable bonds is 2. The number of ketones is 1. The predicted molar refractivity (Wildman–Crippen MR) is 90.2 cm³/mol. The van der Waals surface area contributed by atoms with Gasteiger partial charge in [0.25, 0.3) is 0 Å². The highest BCUT2D eigenvalue weighted by molar-refractivity contribution is 7.10. The molecule has 0 unspecified atom stereocenters. The lowest BCUT2D eigenvalue weighted by Crippen LogP contribution is -2.38. The van der Waals surface area contributed by atoms with Crippen molar-refractivity contribution in [2.24, 2.45) is 0 Å². The summed E-state index contributed by atoms with van der Waals surface area (Å²) in [5, 5.41) is 4.88. The maximum atomic E-state index is 13.6. The van der Waals surface area contributed by atoms with Crippen molar-refractivity contribution in [3.8, 4) is 0 Å². The van der Waals surface area contributed by atoms with Gasteiger partial charge in [-0.05, 0) is 35.6 Å². The zero-order chi connectivity index (χ0) is 16.7. The number of hydrogen-bond acceptors (Lipinski definition) is 3. The number of halogens is 1. The summed E-state index contributed by atoms with van der Waals surface area (Å²) in [6.07, 6.45) is 1.29. The van der Waals surface area contributed by atoms with Crippen molar-refractivity contribution >= 4 is 23.0 Å². The first-order valence-electron chi connectivity index (χ1n) is 7.97. The summed E-state index contributed by atoms with van der Waals surface area (Å²) in [5.74, 6) is -0.629. The summed E-state index contributed by atoms with van der Waals surface area (Å²) in [6.45, 7) is 0. The number of nitrogens with one attached hydrogen (secondary N) is 1. The third kappa shape index (κ3) is 2.69. The van der Waals surface area contributed by atoms with Crippen molar-refractivity contribution in [3.63, 3.8) is 0 Å². The summed E-state index contributed by atoms with van der Waals surface area (Å²) in [6, 6.07) is 10.2. The molecule has 4 rings (SSSR count). The molecule has 2 heterocycles. The van der Waals surface area contributed by atoms with Crippen molar-refractivity contribution < 1.29 is 14.0 Å². The van der Waals surface area contributed by atoms with Gasteiger partial charge in [0.05, 0.1) is 0 Å². The summed E-state index contributed by atoms with van der Waals surface area (Å²) < 4.78 is 13.6. The minimum atomic E-state index is -0.347. The summed E-state index contributed by atoms with van der Waals surface area (Å²) in [4.78, 5) is 26.1. The molecule has 2 aromatic rings. The van der Waals surface area contributed by atoms with Crippen LogP contribution in [0.1, 0.15) is 41.5 Å². The number of allylic oxidation sites excluding steroid dienone is 2. The third-order valence-electron chi connectivity index (χ3n) is 4.73. The summed E-state index contributed by atoms with van der Waals surface area (Å²) in [7, 11) is 0. The van der Waals surface area contributed by atoms with E-state index in [0.29, 0.717) is 24.0 Å². The van der Waals surface area contributed by atoms with E-state index in [2.05, 4.69) is 5.32 Å². The van der Waals surface area contributed by atoms with Crippen LogP contribution in [0.15, 0.2) is 53.0 Å². The van der Waals surface area contributed by atoms with Crippen LogP contribution in [-0.2, 0) is 9.59 Å². The van der Waals surface area contributed by atoms with E-state index in [0.717, 1.165) is 10.6 Å². The highest BCUT2D eigenvalue weighted by atomic mass is 32.1. The SMILES string of the molecule is O=C1C[C@H](c2cccc(F)c2)C2=C(C[C@@H](c3cccs3)CC2=O)N1. The highest BCUT2D eigenvalue weighted by Crippen LogP contribution is 2.43. The van der Waals surface area contributed by atoms with Gasteiger partial charge in [-0.1, -0.05) is 18.2 Å². The molecule has 0 saturated carbocycles. The van der Waals surface area contributed by atoms with Crippen molar-refractivity contribution in [2.75, 3.05) is 0 Å². The van der Waals surface area contributed by atoms with Crippen LogP contribution >= 0.6 is 11.3 Å². The topological polar surface area (TPSA) is 46.2 Å². The number of carbonyl (C=O) groups is 2. The van der Waals surface area contributed by atoms with E-state index in [-0.39, 0.29) is 35.8 Å². The van der Waals surface area contributed by atoms with Crippen LogP contribution in [-0.4, -0.2) is 11.7 Å². The van der Waals surface area contributed by atoms with E-state index < -0.39 is 0 Å². The Morgan fingerprint density at radius 3 is 2.71 bits per heavy atom. The minimum absolute atomic E-state index is 0.0592. The molecule has 0 fully saturated rings. The molecule has 1 aliphatic heterocycles. The highest BCUT2D eigenvalue weighted by Gasteiger charge is 2.38. The largest absolute Gasteiger partial charge is 0.329 e. The number of thiophene rings is 1. The Balaban J connectivity index is 1.74. The van der Waals surface area contributed by atoms with Gasteiger partial charge in [0.2, 0.25) is 5.91 Å². The monoisotopic (exact) mass is 341 g/mol. The van der Waals surface area contributed by atoms with Crippen LogP contribution in [0.2, 0.25) is 0 Å². The molecule has 122 valence electrons. The Morgan fingerprint density at radius 1 is 1.08 bits per heavy atom. The van der Waals surface area contributed by atoms with Crippen LogP contribution < -0.4 is 5.32 Å². The van der Waals surface area contributed by atoms with Gasteiger partial charge in [0.15, 0.2) is 5.78 Å². The van der Waals surface area contributed by atoms with Crippen LogP contribution in [0.25, 0.3) is 0 Å². The van der Waals surface area contributed by atoms with Crippen molar-refractivity contribution in [3.05, 3.63) is 69.3 Å². The quantitative estimate of drug-likeness (QED) is 0.901. The van der Waals surface area contributed by atoms with Crippen molar-refractivity contribution in [1.29, 1.82) is 0 Å². The fraction of sp³-hybridized carbons (Fsp3) is 0.263. The van der Waals surface area contributed by atoms with Gasteiger partial charge in [-0.25, -0.2) is 4.39 Å². The minimum Gasteiger partial charge on any atom is -0.329 e. The maximum Gasteiger partial charge on any atom is 0.225 e. The standard InChI is InChI=1S/C19H16FNO2S/c20-13-4-1-3-11(7-13)14-10-18(23)21-15-8-12(9-16(22)19(14)15)17-5-2-6-24-17/h1-7,12,14H,8-10H2,(H,21,23)/t12-,14-/m1/s1. The third-order valence-corrected chi connectivity index (χ3v) is 5.77. The molecule has 1 N–H and O–H groups in total. The van der Waals surface area contributed by atoms with Gasteiger partial charge in [-0.15, -0.1) is 11.3 Å². The van der Waals surface area contributed by atoms with Crippen LogP contribution in [0.4, 0.5) is 4.39 Å². The Morgan fingerprint density at radius 2 is 1.96 bits per heavy atom. The molecule has 24 heavy (non-hydrogen) atoms. The van der Waals surface area contributed by atoms with Gasteiger partial charge in [0.1, 0.15) is 5.82 Å². The van der Waals surface area contributed by atoms with Gasteiger partial charge >= 0.3 is 0 Å². The van der Waals surface area contributed by atoms with Crippen LogP contribution in [0.3, 0.4) is 0 Å². The number of carbonyl (C=O) groups excluding carboxylic acids is 2. The molecule has 0 saturated heterocycles. The van der Waals surface area contributed by atoms with Crippen molar-refractivity contribution in [2.45, 2.75) is 31.1 Å². The van der Waals surface area contributed by atoms with Gasteiger partial charge < -0.3 is 5.32 Å². The number of amides is 1. The predicted octanol–water partition coefficient (Wildman–Crippen LogP) is 3.89. The maximum absolute atomic E-state index is 13.6. The molecule has 2 aliphatic rings. The van der Waals surface area contributed by atoms with Gasteiger partial charge in [-0.3, -0.25) is 9.59 Å². The molecular formula is C19H16FNO2S. The smallest absolute Gasteiger partial charge is 0.225 e. The summed E-state index contributed by atoms with van der Waals surface area (Å²) >= 11 is 1.63. The lowest BCUT2D eigenvalue weighted by Gasteiger charge is -2.34. The first-order valence-corrected chi connectivity index (χ1v) is 8.84. The molecule has 1 aromatic heterocycles. The van der Waals surface area contributed by atoms with Crippen LogP contribution in [0.5, 0.6) is 0 Å². The second-order valence-electron chi connectivity index (χ2n) is 6.30. The van der Waals surface area contributed by atoms with Crippen molar-refractivity contribution in [1.82, 2.24) is 5.32 Å². The zero-order valence-electron chi connectivity index (χ0n) is 12.9. The van der Waals surface area contributed by atoms with E-state index in [1.807, 2.05) is 17.5 Å². The molecule has 5 heteroatoms. The molecule has 1 aromatic carbocycles. The normalized spacial score (nSPS) is 23.9. The molecule has 0 radical (unpaired) electrons. The first-order chi connectivity index (χ1) is 11.6. The molecule has 0 bridgehead atoms. The fourth-order valence-corrected chi connectivity index (χ4v) is 4.52. The Bertz CT molecular complexity index is 841. The second kappa shape index (κ2) is 5.98. The van der Waals surface area contributed by atoms with Gasteiger partial charge in [0, 0.05) is 40.8 Å². The Labute approximate surface area is 143 Å². The number of hydrogen-bond donors (Lipinski definition) is 1. The average molecular weight is 341 g/mol. The van der Waals surface area contributed by atoms with E-state index in [9.17, 15) is 14.0 Å². The lowest BCUT2D eigenvalue weighted by molar-refractivity contribution is -0.122. The van der Waals surface area contributed by atoms with E-state index in [1.165, 1.54) is 12.1 Å². The van der Waals surface area contributed by atoms with E-state index in [4.69, 9.17) is 0 Å². The molecule has 1 aliphatic carbocycles. The lowest BCUT2D eigenvalue weighted by atomic mass is 9.75. The second-order valence-corrected chi connectivity index (χ2v) is 7.28. The number of benzene rings is 1. The van der Waals surface area contributed by atoms with E-state index in [1.54, 1.807) is 23.5 Å². The number of Topliss-reactive ketones (excluding diaryl/α,β-unsaturated/α-hetero) is 1. The molecule has 2 atom stereocenters. The van der Waals surface area contributed by atoms with Crippen LogP contribution in [0, 0.1) is 5.82 Å². The Hall–Kier alpha value is -2.27. The molecule has 0 spiro atoms. The molecular weight excluding hydrogens is 325 g/mol.